The summed E-state index contributed by atoms with van der Waals surface area (Å²) in [4.78, 5) is 11.2. The van der Waals surface area contributed by atoms with Crippen LogP contribution in [0.25, 0.3) is 0 Å². The molecule has 0 saturated heterocycles. The van der Waals surface area contributed by atoms with Crippen molar-refractivity contribution in [1.82, 2.24) is 10.6 Å². The van der Waals surface area contributed by atoms with Crippen LogP contribution in [-0.4, -0.2) is 31.1 Å². The highest BCUT2D eigenvalue weighted by Crippen LogP contribution is 2.19. The molecule has 4 N–H and O–H groups in total. The molecular formula is C9H19N3O. The quantitative estimate of drug-likeness (QED) is 0.527. The van der Waals surface area contributed by atoms with Gasteiger partial charge >= 0.3 is 0 Å². The SMILES string of the molecule is CCNC(=O)CC(CN)NC1CC1. The topological polar surface area (TPSA) is 67.2 Å². The molecule has 0 aliphatic heterocycles. The second-order valence-electron chi connectivity index (χ2n) is 3.53. The highest BCUT2D eigenvalue weighted by Gasteiger charge is 2.24. The third-order valence-electron chi connectivity index (χ3n) is 2.14. The second kappa shape index (κ2) is 5.19. The predicted molar refractivity (Wildman–Crippen MR) is 52.3 cm³/mol. The summed E-state index contributed by atoms with van der Waals surface area (Å²) in [5, 5.41) is 6.11. The van der Waals surface area contributed by atoms with E-state index in [-0.39, 0.29) is 11.9 Å². The van der Waals surface area contributed by atoms with E-state index in [1.54, 1.807) is 0 Å². The molecule has 0 aromatic carbocycles. The van der Waals surface area contributed by atoms with Crippen molar-refractivity contribution in [3.8, 4) is 0 Å². The third kappa shape index (κ3) is 4.24. The molecule has 1 rings (SSSR count). The van der Waals surface area contributed by atoms with Crippen molar-refractivity contribution in [2.24, 2.45) is 5.73 Å². The van der Waals surface area contributed by atoms with Crippen LogP contribution in [-0.2, 0) is 4.79 Å². The molecule has 0 spiro atoms. The third-order valence-corrected chi connectivity index (χ3v) is 2.14. The van der Waals surface area contributed by atoms with Crippen LogP contribution in [0.2, 0.25) is 0 Å². The van der Waals surface area contributed by atoms with Crippen LogP contribution < -0.4 is 16.4 Å². The fourth-order valence-corrected chi connectivity index (χ4v) is 1.29. The molecule has 0 radical (unpaired) electrons. The number of carbonyl (C=O) groups excluding carboxylic acids is 1. The van der Waals surface area contributed by atoms with E-state index in [0.29, 0.717) is 25.6 Å². The van der Waals surface area contributed by atoms with E-state index in [1.165, 1.54) is 12.8 Å². The van der Waals surface area contributed by atoms with Gasteiger partial charge in [0.05, 0.1) is 0 Å². The number of hydrogen-bond acceptors (Lipinski definition) is 3. The van der Waals surface area contributed by atoms with Gasteiger partial charge in [0, 0.05) is 31.6 Å². The van der Waals surface area contributed by atoms with Crippen molar-refractivity contribution >= 4 is 5.91 Å². The number of hydrogen-bond donors (Lipinski definition) is 3. The molecule has 4 heteroatoms. The number of rotatable bonds is 6. The first kappa shape index (κ1) is 10.5. The zero-order valence-electron chi connectivity index (χ0n) is 8.18. The number of carbonyl (C=O) groups is 1. The Morgan fingerprint density at radius 1 is 1.62 bits per heavy atom. The molecule has 0 aromatic rings. The maximum absolute atomic E-state index is 11.2. The van der Waals surface area contributed by atoms with Gasteiger partial charge in [-0.25, -0.2) is 0 Å². The first-order valence-electron chi connectivity index (χ1n) is 4.99. The summed E-state index contributed by atoms with van der Waals surface area (Å²) in [6.45, 7) is 3.15. The summed E-state index contributed by atoms with van der Waals surface area (Å²) in [7, 11) is 0. The van der Waals surface area contributed by atoms with Crippen LogP contribution >= 0.6 is 0 Å². The van der Waals surface area contributed by atoms with Crippen molar-refractivity contribution in [2.75, 3.05) is 13.1 Å². The molecule has 1 atom stereocenters. The molecule has 1 aliphatic rings. The van der Waals surface area contributed by atoms with Crippen LogP contribution in [0.4, 0.5) is 0 Å². The molecule has 1 saturated carbocycles. The molecule has 13 heavy (non-hydrogen) atoms. The lowest BCUT2D eigenvalue weighted by molar-refractivity contribution is -0.121. The van der Waals surface area contributed by atoms with E-state index in [1.807, 2.05) is 6.92 Å². The lowest BCUT2D eigenvalue weighted by Crippen LogP contribution is -2.41. The Morgan fingerprint density at radius 2 is 2.31 bits per heavy atom. The molecule has 4 nitrogen and oxygen atoms in total. The first-order chi connectivity index (χ1) is 6.26. The summed E-state index contributed by atoms with van der Waals surface area (Å²) in [5.74, 6) is 0.0890. The van der Waals surface area contributed by atoms with Crippen molar-refractivity contribution in [3.05, 3.63) is 0 Å². The fourth-order valence-electron chi connectivity index (χ4n) is 1.29. The highest BCUT2D eigenvalue weighted by atomic mass is 16.1. The average molecular weight is 185 g/mol. The van der Waals surface area contributed by atoms with Gasteiger partial charge in [0.15, 0.2) is 0 Å². The van der Waals surface area contributed by atoms with E-state index in [4.69, 9.17) is 5.73 Å². The van der Waals surface area contributed by atoms with Crippen molar-refractivity contribution in [3.63, 3.8) is 0 Å². The zero-order chi connectivity index (χ0) is 9.68. The van der Waals surface area contributed by atoms with E-state index in [2.05, 4.69) is 10.6 Å². The number of amides is 1. The minimum absolute atomic E-state index is 0.0890. The summed E-state index contributed by atoms with van der Waals surface area (Å²) in [5.41, 5.74) is 5.55. The zero-order valence-corrected chi connectivity index (χ0v) is 8.18. The number of nitrogens with one attached hydrogen (secondary N) is 2. The van der Waals surface area contributed by atoms with Crippen LogP contribution in [0, 0.1) is 0 Å². The minimum Gasteiger partial charge on any atom is -0.356 e. The van der Waals surface area contributed by atoms with Crippen molar-refractivity contribution in [1.29, 1.82) is 0 Å². The minimum atomic E-state index is 0.0890. The predicted octanol–water partition coefficient (Wildman–Crippen LogP) is -0.408. The van der Waals surface area contributed by atoms with Crippen molar-refractivity contribution < 1.29 is 4.79 Å². The Hall–Kier alpha value is -0.610. The Kier molecular flexibility index (Phi) is 4.18. The lowest BCUT2D eigenvalue weighted by atomic mass is 10.2. The summed E-state index contributed by atoms with van der Waals surface area (Å²) < 4.78 is 0. The average Bonchev–Trinajstić information content (AvgIpc) is 2.87. The van der Waals surface area contributed by atoms with Gasteiger partial charge in [-0.05, 0) is 19.8 Å². The normalized spacial score (nSPS) is 18.3. The van der Waals surface area contributed by atoms with Crippen molar-refractivity contribution in [2.45, 2.75) is 38.3 Å². The van der Waals surface area contributed by atoms with Gasteiger partial charge in [-0.1, -0.05) is 0 Å². The molecule has 0 aromatic heterocycles. The van der Waals surface area contributed by atoms with Crippen LogP contribution in [0.5, 0.6) is 0 Å². The van der Waals surface area contributed by atoms with E-state index < -0.39 is 0 Å². The van der Waals surface area contributed by atoms with Gasteiger partial charge in [0.25, 0.3) is 0 Å². The van der Waals surface area contributed by atoms with Crippen LogP contribution in [0.1, 0.15) is 26.2 Å². The molecule has 1 fully saturated rings. The smallest absolute Gasteiger partial charge is 0.221 e. The molecular weight excluding hydrogens is 166 g/mol. The second-order valence-corrected chi connectivity index (χ2v) is 3.53. The summed E-state index contributed by atoms with van der Waals surface area (Å²) >= 11 is 0. The van der Waals surface area contributed by atoms with E-state index >= 15 is 0 Å². The molecule has 1 amide bonds. The maximum Gasteiger partial charge on any atom is 0.221 e. The molecule has 1 aliphatic carbocycles. The standard InChI is InChI=1S/C9H19N3O/c1-2-11-9(13)5-8(6-10)12-7-3-4-7/h7-8,12H,2-6,10H2,1H3,(H,11,13). The Labute approximate surface area is 79.3 Å². The van der Waals surface area contributed by atoms with Gasteiger partial charge in [-0.15, -0.1) is 0 Å². The highest BCUT2D eigenvalue weighted by molar-refractivity contribution is 5.76. The number of nitrogens with two attached hydrogens (primary N) is 1. The monoisotopic (exact) mass is 185 g/mol. The van der Waals surface area contributed by atoms with Gasteiger partial charge < -0.3 is 16.4 Å². The van der Waals surface area contributed by atoms with Crippen LogP contribution in [0.15, 0.2) is 0 Å². The van der Waals surface area contributed by atoms with Gasteiger partial charge in [-0.2, -0.15) is 0 Å². The summed E-state index contributed by atoms with van der Waals surface area (Å²) in [6, 6.07) is 0.766. The summed E-state index contributed by atoms with van der Waals surface area (Å²) in [6.07, 6.45) is 2.96. The molecule has 0 bridgehead atoms. The van der Waals surface area contributed by atoms with E-state index in [9.17, 15) is 4.79 Å². The molecule has 76 valence electrons. The molecule has 0 heterocycles. The fraction of sp³-hybridized carbons (Fsp3) is 0.889. The lowest BCUT2D eigenvalue weighted by Gasteiger charge is -2.15. The Balaban J connectivity index is 2.17. The Morgan fingerprint density at radius 3 is 2.77 bits per heavy atom. The maximum atomic E-state index is 11.2. The van der Waals surface area contributed by atoms with Gasteiger partial charge in [0.1, 0.15) is 0 Å². The molecule has 1 unspecified atom stereocenters. The van der Waals surface area contributed by atoms with Gasteiger partial charge in [-0.3, -0.25) is 4.79 Å². The first-order valence-corrected chi connectivity index (χ1v) is 4.99. The van der Waals surface area contributed by atoms with Gasteiger partial charge in [0.2, 0.25) is 5.91 Å². The Bertz CT molecular complexity index is 168. The van der Waals surface area contributed by atoms with Crippen LogP contribution in [0.3, 0.4) is 0 Å². The van der Waals surface area contributed by atoms with E-state index in [0.717, 1.165) is 0 Å². The largest absolute Gasteiger partial charge is 0.356 e.